The summed E-state index contributed by atoms with van der Waals surface area (Å²) in [6.45, 7) is 3.54. The molecule has 2 aliphatic heterocycles. The lowest BCUT2D eigenvalue weighted by Gasteiger charge is -2.38. The monoisotopic (exact) mass is 560 g/mol. The zero-order valence-electron chi connectivity index (χ0n) is 21.3. The molecule has 2 aromatic carbocycles. The second-order valence-corrected chi connectivity index (χ2v) is 10.2. The summed E-state index contributed by atoms with van der Waals surface area (Å²) in [6, 6.07) is 12.4. The van der Waals surface area contributed by atoms with Crippen molar-refractivity contribution in [3.8, 4) is 0 Å². The number of fused-ring (bicyclic) bond motifs is 1. The van der Waals surface area contributed by atoms with Gasteiger partial charge in [0.25, 0.3) is 5.91 Å². The highest BCUT2D eigenvalue weighted by molar-refractivity contribution is 6.30. The maximum Gasteiger partial charge on any atom is 0.257 e. The Morgan fingerprint density at radius 2 is 1.79 bits per heavy atom. The zero-order chi connectivity index (χ0) is 27.3. The first-order valence-corrected chi connectivity index (χ1v) is 13.3. The third kappa shape index (κ3) is 6.00. The van der Waals surface area contributed by atoms with Crippen LogP contribution in [0.2, 0.25) is 10.0 Å². The van der Waals surface area contributed by atoms with Crippen LogP contribution in [0.25, 0.3) is 0 Å². The van der Waals surface area contributed by atoms with Crippen molar-refractivity contribution in [1.82, 2.24) is 20.2 Å². The molecule has 2 atom stereocenters. The Kier molecular flexibility index (Phi) is 9.33. The van der Waals surface area contributed by atoms with Crippen molar-refractivity contribution in [2.24, 2.45) is 5.92 Å². The van der Waals surface area contributed by atoms with Crippen molar-refractivity contribution >= 4 is 29.1 Å². The molecule has 0 saturated carbocycles. The van der Waals surface area contributed by atoms with Gasteiger partial charge in [-0.25, -0.2) is 14.4 Å². The Balaban J connectivity index is 0.000000417. The van der Waals surface area contributed by atoms with E-state index in [1.54, 1.807) is 6.07 Å². The molecule has 3 aromatic rings. The van der Waals surface area contributed by atoms with Crippen LogP contribution in [0.1, 0.15) is 59.7 Å². The lowest BCUT2D eigenvalue weighted by Crippen LogP contribution is -2.41. The van der Waals surface area contributed by atoms with E-state index in [4.69, 9.17) is 27.9 Å². The van der Waals surface area contributed by atoms with Gasteiger partial charge in [0.05, 0.1) is 22.7 Å². The van der Waals surface area contributed by atoms with Crippen molar-refractivity contribution in [2.75, 3.05) is 20.2 Å². The normalized spacial score (nSPS) is 18.9. The quantitative estimate of drug-likeness (QED) is 0.413. The Labute approximate surface area is 232 Å². The van der Waals surface area contributed by atoms with Crippen LogP contribution >= 0.6 is 23.2 Å². The van der Waals surface area contributed by atoms with E-state index in [1.807, 2.05) is 37.3 Å². The predicted molar refractivity (Wildman–Crippen MR) is 144 cm³/mol. The van der Waals surface area contributed by atoms with E-state index in [0.717, 1.165) is 31.0 Å². The van der Waals surface area contributed by atoms with Crippen molar-refractivity contribution < 1.29 is 19.0 Å². The van der Waals surface area contributed by atoms with Crippen LogP contribution in [0.15, 0.2) is 54.9 Å². The molecule has 1 saturated heterocycles. The minimum atomic E-state index is -1.20. The van der Waals surface area contributed by atoms with Gasteiger partial charge < -0.3 is 20.1 Å². The van der Waals surface area contributed by atoms with Gasteiger partial charge in [-0.2, -0.15) is 0 Å². The number of aliphatic hydroxyl groups is 1. The highest BCUT2D eigenvalue weighted by atomic mass is 35.5. The summed E-state index contributed by atoms with van der Waals surface area (Å²) >= 11 is 11.4. The Hall–Kier alpha value is -2.62. The van der Waals surface area contributed by atoms with Crippen LogP contribution < -0.4 is 5.32 Å². The molecule has 1 fully saturated rings. The maximum absolute atomic E-state index is 15.3. The van der Waals surface area contributed by atoms with E-state index < -0.39 is 17.6 Å². The smallest absolute Gasteiger partial charge is 0.257 e. The average molecular weight is 561 g/mol. The molecular formula is C28H31Cl2FN4O3. The highest BCUT2D eigenvalue weighted by Crippen LogP contribution is 2.43. The second kappa shape index (κ2) is 12.5. The Morgan fingerprint density at radius 1 is 1.13 bits per heavy atom. The van der Waals surface area contributed by atoms with Gasteiger partial charge >= 0.3 is 0 Å². The number of carbonyl (C=O) groups excluding carboxylic acids is 1. The van der Waals surface area contributed by atoms with Crippen LogP contribution in [0.4, 0.5) is 4.39 Å². The van der Waals surface area contributed by atoms with Gasteiger partial charge in [0.2, 0.25) is 0 Å². The lowest BCUT2D eigenvalue weighted by molar-refractivity contribution is -0.0399. The van der Waals surface area contributed by atoms with Crippen molar-refractivity contribution in [1.29, 1.82) is 0 Å². The van der Waals surface area contributed by atoms with Gasteiger partial charge in [-0.1, -0.05) is 48.3 Å². The summed E-state index contributed by atoms with van der Waals surface area (Å²) in [4.78, 5) is 22.9. The van der Waals surface area contributed by atoms with E-state index in [0.29, 0.717) is 22.8 Å². The van der Waals surface area contributed by atoms with Gasteiger partial charge in [-0.15, -0.1) is 0 Å². The number of aromatic nitrogens is 2. The molecule has 2 aliphatic rings. The number of hydrogen-bond donors (Lipinski definition) is 2. The summed E-state index contributed by atoms with van der Waals surface area (Å²) in [7, 11) is 1.42. The molecule has 0 bridgehead atoms. The first-order chi connectivity index (χ1) is 18.3. The number of nitrogens with one attached hydrogen (secondary N) is 1. The standard InChI is InChI=1S/C22H26ClFN4O3.C6H5Cl/c1-3-22(30,13-4-6-25-7-5-13)14-8-16-19(17(24)9-14)21(31-2)28(20(16)29)12-18-26-10-15(23)11-27-18;7-6-4-2-1-3-5-6/h8-11,13,21,25,30H,3-7,12H2,1-2H3;1-5H. The van der Waals surface area contributed by atoms with Crippen molar-refractivity contribution in [3.63, 3.8) is 0 Å². The number of piperidine rings is 1. The summed E-state index contributed by atoms with van der Waals surface area (Å²) in [5.41, 5.74) is -0.385. The van der Waals surface area contributed by atoms with Crippen molar-refractivity contribution in [2.45, 2.75) is 44.6 Å². The zero-order valence-corrected chi connectivity index (χ0v) is 22.8. The average Bonchev–Trinajstić information content (AvgIpc) is 3.21. The number of carbonyl (C=O) groups is 1. The number of benzene rings is 2. The number of ether oxygens (including phenoxy) is 1. The second-order valence-electron chi connectivity index (χ2n) is 9.36. The molecule has 2 N–H and O–H groups in total. The molecule has 38 heavy (non-hydrogen) atoms. The van der Waals surface area contributed by atoms with Crippen LogP contribution in [-0.2, 0) is 16.9 Å². The molecule has 202 valence electrons. The fraction of sp³-hybridized carbons (Fsp3) is 0.393. The molecule has 3 heterocycles. The first-order valence-electron chi connectivity index (χ1n) is 12.6. The molecule has 0 radical (unpaired) electrons. The van der Waals surface area contributed by atoms with Crippen LogP contribution in [-0.4, -0.2) is 46.1 Å². The van der Waals surface area contributed by atoms with Gasteiger partial charge in [-0.3, -0.25) is 4.79 Å². The molecule has 5 rings (SSSR count). The third-order valence-corrected chi connectivity index (χ3v) is 7.59. The topological polar surface area (TPSA) is 87.6 Å². The predicted octanol–water partition coefficient (Wildman–Crippen LogP) is 5.51. The largest absolute Gasteiger partial charge is 0.385 e. The highest BCUT2D eigenvalue weighted by Gasteiger charge is 2.43. The SMILES string of the molecule is CCC(O)(c1cc(F)c2c(c1)C(=O)N(Cc1ncc(Cl)cn1)C2OC)C1CCNCC1.Clc1ccccc1. The molecule has 2 unspecified atom stereocenters. The third-order valence-electron chi connectivity index (χ3n) is 7.15. The van der Waals surface area contributed by atoms with E-state index in [-0.39, 0.29) is 29.5 Å². The number of hydrogen-bond acceptors (Lipinski definition) is 6. The van der Waals surface area contributed by atoms with Gasteiger partial charge in [0.15, 0.2) is 6.23 Å². The number of methoxy groups -OCH3 is 1. The maximum atomic E-state index is 15.3. The number of nitrogens with zero attached hydrogens (tertiary/aromatic N) is 3. The molecular weight excluding hydrogens is 530 g/mol. The van der Waals surface area contributed by atoms with E-state index in [1.165, 1.54) is 30.5 Å². The van der Waals surface area contributed by atoms with Crippen LogP contribution in [0.5, 0.6) is 0 Å². The summed E-state index contributed by atoms with van der Waals surface area (Å²) in [6.07, 6.45) is 4.00. The molecule has 7 nitrogen and oxygen atoms in total. The molecule has 1 amide bonds. The van der Waals surface area contributed by atoms with Gasteiger partial charge in [-0.05, 0) is 68.1 Å². The number of rotatable bonds is 6. The van der Waals surface area contributed by atoms with Crippen LogP contribution in [0, 0.1) is 11.7 Å². The van der Waals surface area contributed by atoms with E-state index in [2.05, 4.69) is 15.3 Å². The number of halogens is 3. The molecule has 1 aromatic heterocycles. The summed E-state index contributed by atoms with van der Waals surface area (Å²) in [5.74, 6) is -0.588. The Morgan fingerprint density at radius 3 is 2.34 bits per heavy atom. The van der Waals surface area contributed by atoms with Gasteiger partial charge in [0.1, 0.15) is 11.6 Å². The number of amides is 1. The summed E-state index contributed by atoms with van der Waals surface area (Å²) < 4.78 is 20.8. The Bertz CT molecular complexity index is 1240. The minimum absolute atomic E-state index is 0.00972. The van der Waals surface area contributed by atoms with Gasteiger partial charge in [0, 0.05) is 30.1 Å². The van der Waals surface area contributed by atoms with E-state index >= 15 is 4.39 Å². The summed E-state index contributed by atoms with van der Waals surface area (Å²) in [5, 5.41) is 16.0. The van der Waals surface area contributed by atoms with Crippen molar-refractivity contribution in [3.05, 3.63) is 93.2 Å². The molecule has 0 spiro atoms. The first kappa shape index (κ1) is 28.4. The van der Waals surface area contributed by atoms with E-state index in [9.17, 15) is 9.90 Å². The lowest BCUT2D eigenvalue weighted by atomic mass is 9.74. The molecule has 10 heteroatoms. The fourth-order valence-corrected chi connectivity index (χ4v) is 5.37. The van der Waals surface area contributed by atoms with Crippen LogP contribution in [0.3, 0.4) is 0 Å². The minimum Gasteiger partial charge on any atom is -0.385 e. The molecule has 0 aliphatic carbocycles. The fourth-order valence-electron chi connectivity index (χ4n) is 5.13.